The Morgan fingerprint density at radius 2 is 1.21 bits per heavy atom. The van der Waals surface area contributed by atoms with Crippen molar-refractivity contribution in [3.8, 4) is 0 Å². The first kappa shape index (κ1) is 16.1. The second-order valence-electron chi connectivity index (χ2n) is 6.39. The van der Waals surface area contributed by atoms with Gasteiger partial charge in [-0.25, -0.2) is 0 Å². The fraction of sp³-hybridized carbons (Fsp3) is 0.182. The standard InChI is InChI=1S/C22H24N2/c1-15-8-13-21(17(3)14-15)23-19-9-11-20(12-10-19)24-22-7-5-6-16(2)18(22)4/h5-14,23-24H,1-4H3. The zero-order valence-corrected chi connectivity index (χ0v) is 14.8. The first-order valence-corrected chi connectivity index (χ1v) is 8.30. The van der Waals surface area contributed by atoms with Crippen LogP contribution in [0.4, 0.5) is 22.7 Å². The van der Waals surface area contributed by atoms with Gasteiger partial charge in [-0.1, -0.05) is 29.8 Å². The van der Waals surface area contributed by atoms with Crippen LogP contribution < -0.4 is 10.6 Å². The van der Waals surface area contributed by atoms with Gasteiger partial charge in [0.15, 0.2) is 0 Å². The van der Waals surface area contributed by atoms with Crippen molar-refractivity contribution in [2.24, 2.45) is 0 Å². The molecule has 2 heteroatoms. The molecule has 0 amide bonds. The molecule has 122 valence electrons. The summed E-state index contributed by atoms with van der Waals surface area (Å²) in [5, 5.41) is 6.98. The second-order valence-corrected chi connectivity index (χ2v) is 6.39. The van der Waals surface area contributed by atoms with Gasteiger partial charge in [0.2, 0.25) is 0 Å². The van der Waals surface area contributed by atoms with E-state index in [-0.39, 0.29) is 0 Å². The maximum Gasteiger partial charge on any atom is 0.0416 e. The Bertz CT molecular complexity index is 848. The fourth-order valence-electron chi connectivity index (χ4n) is 2.79. The third-order valence-electron chi connectivity index (χ3n) is 4.43. The van der Waals surface area contributed by atoms with Crippen LogP contribution in [-0.2, 0) is 0 Å². The number of anilines is 4. The maximum atomic E-state index is 3.50. The number of rotatable bonds is 4. The molecule has 0 unspecified atom stereocenters. The molecule has 2 N–H and O–H groups in total. The highest BCUT2D eigenvalue weighted by Gasteiger charge is 2.02. The molecular weight excluding hydrogens is 292 g/mol. The van der Waals surface area contributed by atoms with E-state index in [4.69, 9.17) is 0 Å². The molecule has 0 aliphatic rings. The van der Waals surface area contributed by atoms with E-state index in [9.17, 15) is 0 Å². The largest absolute Gasteiger partial charge is 0.355 e. The molecule has 0 spiro atoms. The van der Waals surface area contributed by atoms with Crippen LogP contribution in [0.15, 0.2) is 60.7 Å². The number of nitrogens with one attached hydrogen (secondary N) is 2. The van der Waals surface area contributed by atoms with Crippen molar-refractivity contribution in [2.75, 3.05) is 10.6 Å². The van der Waals surface area contributed by atoms with Gasteiger partial charge in [-0.15, -0.1) is 0 Å². The SMILES string of the molecule is Cc1ccc(Nc2ccc(Nc3cccc(C)c3C)cc2)c(C)c1. The van der Waals surface area contributed by atoms with Crippen molar-refractivity contribution in [3.05, 3.63) is 82.9 Å². The summed E-state index contributed by atoms with van der Waals surface area (Å²) < 4.78 is 0. The van der Waals surface area contributed by atoms with E-state index in [1.165, 1.54) is 22.3 Å². The summed E-state index contributed by atoms with van der Waals surface area (Å²) in [5.41, 5.74) is 9.62. The number of hydrogen-bond acceptors (Lipinski definition) is 2. The van der Waals surface area contributed by atoms with Gasteiger partial charge in [0, 0.05) is 22.7 Å². The van der Waals surface area contributed by atoms with E-state index in [0.29, 0.717) is 0 Å². The average Bonchev–Trinajstić information content (AvgIpc) is 2.56. The highest BCUT2D eigenvalue weighted by atomic mass is 14.9. The van der Waals surface area contributed by atoms with Gasteiger partial charge in [-0.3, -0.25) is 0 Å². The molecule has 3 rings (SSSR count). The average molecular weight is 316 g/mol. The molecule has 0 fully saturated rings. The molecule has 0 saturated heterocycles. The lowest BCUT2D eigenvalue weighted by Gasteiger charge is -2.13. The Morgan fingerprint density at radius 1 is 0.583 bits per heavy atom. The van der Waals surface area contributed by atoms with Crippen LogP contribution >= 0.6 is 0 Å². The summed E-state index contributed by atoms with van der Waals surface area (Å²) in [7, 11) is 0. The van der Waals surface area contributed by atoms with Crippen molar-refractivity contribution in [2.45, 2.75) is 27.7 Å². The van der Waals surface area contributed by atoms with E-state index in [1.807, 2.05) is 0 Å². The minimum atomic E-state index is 1.09. The molecule has 0 aromatic heterocycles. The van der Waals surface area contributed by atoms with Gasteiger partial charge in [0.05, 0.1) is 0 Å². The molecule has 0 bridgehead atoms. The predicted octanol–water partition coefficient (Wildman–Crippen LogP) is 6.41. The van der Waals surface area contributed by atoms with Gasteiger partial charge in [0.1, 0.15) is 0 Å². The molecule has 0 radical (unpaired) electrons. The molecule has 2 nitrogen and oxygen atoms in total. The van der Waals surface area contributed by atoms with Gasteiger partial charge < -0.3 is 10.6 Å². The highest BCUT2D eigenvalue weighted by Crippen LogP contribution is 2.26. The Morgan fingerprint density at radius 3 is 1.83 bits per heavy atom. The van der Waals surface area contributed by atoms with Gasteiger partial charge >= 0.3 is 0 Å². The lowest BCUT2D eigenvalue weighted by molar-refractivity contribution is 1.33. The Balaban J connectivity index is 1.74. The van der Waals surface area contributed by atoms with Gasteiger partial charge in [0.25, 0.3) is 0 Å². The summed E-state index contributed by atoms with van der Waals surface area (Å²) in [4.78, 5) is 0. The van der Waals surface area contributed by atoms with E-state index in [1.54, 1.807) is 0 Å². The van der Waals surface area contributed by atoms with E-state index in [0.717, 1.165) is 22.7 Å². The third kappa shape index (κ3) is 3.60. The maximum absolute atomic E-state index is 3.50. The van der Waals surface area contributed by atoms with Gasteiger partial charge in [-0.05, 0) is 80.8 Å². The molecule has 3 aromatic carbocycles. The fourth-order valence-corrected chi connectivity index (χ4v) is 2.79. The van der Waals surface area contributed by atoms with Crippen LogP contribution in [0, 0.1) is 27.7 Å². The summed E-state index contributed by atoms with van der Waals surface area (Å²) in [6, 6.07) is 21.2. The Hall–Kier alpha value is -2.74. The summed E-state index contributed by atoms with van der Waals surface area (Å²) in [5.74, 6) is 0. The normalized spacial score (nSPS) is 10.5. The Labute approximate surface area is 144 Å². The minimum absolute atomic E-state index is 1.09. The van der Waals surface area contributed by atoms with Crippen molar-refractivity contribution in [3.63, 3.8) is 0 Å². The molecule has 0 atom stereocenters. The monoisotopic (exact) mass is 316 g/mol. The number of hydrogen-bond donors (Lipinski definition) is 2. The topological polar surface area (TPSA) is 24.1 Å². The van der Waals surface area contributed by atoms with Crippen molar-refractivity contribution < 1.29 is 0 Å². The molecule has 0 saturated carbocycles. The summed E-state index contributed by atoms with van der Waals surface area (Å²) >= 11 is 0. The molecular formula is C22H24N2. The predicted molar refractivity (Wildman–Crippen MR) is 105 cm³/mol. The third-order valence-corrected chi connectivity index (χ3v) is 4.43. The lowest BCUT2D eigenvalue weighted by atomic mass is 10.1. The molecule has 0 aliphatic carbocycles. The van der Waals surface area contributed by atoms with Crippen LogP contribution in [0.5, 0.6) is 0 Å². The zero-order chi connectivity index (χ0) is 17.1. The van der Waals surface area contributed by atoms with Crippen LogP contribution in [-0.4, -0.2) is 0 Å². The quantitative estimate of drug-likeness (QED) is 0.581. The van der Waals surface area contributed by atoms with Crippen LogP contribution in [0.3, 0.4) is 0 Å². The van der Waals surface area contributed by atoms with Crippen LogP contribution in [0.1, 0.15) is 22.3 Å². The first-order chi connectivity index (χ1) is 11.5. The zero-order valence-electron chi connectivity index (χ0n) is 14.8. The number of aryl methyl sites for hydroxylation is 3. The smallest absolute Gasteiger partial charge is 0.0416 e. The lowest BCUT2D eigenvalue weighted by Crippen LogP contribution is -1.96. The Kier molecular flexibility index (Phi) is 4.57. The van der Waals surface area contributed by atoms with E-state index < -0.39 is 0 Å². The van der Waals surface area contributed by atoms with Gasteiger partial charge in [-0.2, -0.15) is 0 Å². The summed E-state index contributed by atoms with van der Waals surface area (Å²) in [6.45, 7) is 8.53. The second kappa shape index (κ2) is 6.79. The first-order valence-electron chi connectivity index (χ1n) is 8.30. The minimum Gasteiger partial charge on any atom is -0.355 e. The van der Waals surface area contributed by atoms with Crippen molar-refractivity contribution in [1.29, 1.82) is 0 Å². The molecule has 0 heterocycles. The number of benzene rings is 3. The van der Waals surface area contributed by atoms with Crippen molar-refractivity contribution >= 4 is 22.7 Å². The molecule has 24 heavy (non-hydrogen) atoms. The highest BCUT2D eigenvalue weighted by molar-refractivity contribution is 5.69. The van der Waals surface area contributed by atoms with Crippen molar-refractivity contribution in [1.82, 2.24) is 0 Å². The molecule has 0 aliphatic heterocycles. The van der Waals surface area contributed by atoms with E-state index in [2.05, 4.69) is 99.0 Å². The van der Waals surface area contributed by atoms with Crippen LogP contribution in [0.2, 0.25) is 0 Å². The van der Waals surface area contributed by atoms with E-state index >= 15 is 0 Å². The molecule has 3 aromatic rings. The van der Waals surface area contributed by atoms with Crippen LogP contribution in [0.25, 0.3) is 0 Å². The summed E-state index contributed by atoms with van der Waals surface area (Å²) in [6.07, 6.45) is 0.